The van der Waals surface area contributed by atoms with Gasteiger partial charge in [-0.2, -0.15) is 4.98 Å². The Balaban J connectivity index is 3.20. The van der Waals surface area contributed by atoms with Crippen molar-refractivity contribution in [3.05, 3.63) is 16.3 Å². The molecule has 0 saturated carbocycles. The Morgan fingerprint density at radius 3 is 2.67 bits per heavy atom. The summed E-state index contributed by atoms with van der Waals surface area (Å²) in [7, 11) is 0. The predicted molar refractivity (Wildman–Crippen MR) is 36.9 cm³/mol. The molecule has 0 aliphatic rings. The van der Waals surface area contributed by atoms with E-state index < -0.39 is 0 Å². The van der Waals surface area contributed by atoms with Gasteiger partial charge < -0.3 is 4.42 Å². The summed E-state index contributed by atoms with van der Waals surface area (Å²) in [6.07, 6.45) is 5.07. The van der Waals surface area contributed by atoms with E-state index in [2.05, 4.69) is 26.8 Å². The number of halogens is 1. The highest BCUT2D eigenvalue weighted by Crippen LogP contribution is 2.12. The lowest BCUT2D eigenvalue weighted by atomic mass is 10.4. The number of nitrogens with zero attached hydrogens (tertiary/aromatic N) is 1. The summed E-state index contributed by atoms with van der Waals surface area (Å²) in [4.78, 5) is 4.28. The van der Waals surface area contributed by atoms with Gasteiger partial charge in [-0.15, -0.1) is 6.42 Å². The van der Waals surface area contributed by atoms with Crippen molar-refractivity contribution in [3.63, 3.8) is 0 Å². The number of aryl methyl sites for hydroxylation is 1. The molecule has 1 heterocycles. The van der Waals surface area contributed by atoms with Crippen LogP contribution in [0.3, 0.4) is 0 Å². The van der Waals surface area contributed by atoms with Crippen LogP contribution < -0.4 is 0 Å². The quantitative estimate of drug-likeness (QED) is 0.576. The van der Waals surface area contributed by atoms with Crippen molar-refractivity contribution < 1.29 is 4.42 Å². The highest BCUT2D eigenvalue weighted by Gasteiger charge is 2.01. The Morgan fingerprint density at radius 1 is 1.78 bits per heavy atom. The molecule has 0 saturated heterocycles. The Hall–Kier alpha value is -0.750. The number of aromatic nitrogens is 1. The monoisotopic (exact) mass is 185 g/mol. The average molecular weight is 186 g/mol. The standard InChI is InChI=1S/C6H4BrNO/c1-3-5-4(2)9-6(7)8-5/h1H,2H3. The third kappa shape index (κ3) is 1.14. The summed E-state index contributed by atoms with van der Waals surface area (Å²) in [5.74, 6) is 3.05. The Labute approximate surface area is 61.4 Å². The molecule has 3 heteroatoms. The van der Waals surface area contributed by atoms with Crippen molar-refractivity contribution in [1.82, 2.24) is 4.98 Å². The van der Waals surface area contributed by atoms with E-state index in [1.54, 1.807) is 6.92 Å². The first-order valence-electron chi connectivity index (χ1n) is 2.33. The van der Waals surface area contributed by atoms with E-state index in [0.29, 0.717) is 16.3 Å². The normalized spacial score (nSPS) is 9.00. The molecule has 0 aliphatic carbocycles. The summed E-state index contributed by atoms with van der Waals surface area (Å²) < 4.78 is 4.97. The summed E-state index contributed by atoms with van der Waals surface area (Å²) in [6, 6.07) is 0. The topological polar surface area (TPSA) is 26.0 Å². The molecule has 1 aromatic rings. The van der Waals surface area contributed by atoms with Crippen LogP contribution in [-0.4, -0.2) is 4.98 Å². The maximum absolute atomic E-state index is 5.07. The maximum atomic E-state index is 5.07. The van der Waals surface area contributed by atoms with Crippen molar-refractivity contribution in [2.75, 3.05) is 0 Å². The number of terminal acetylenes is 1. The van der Waals surface area contributed by atoms with Crippen LogP contribution in [0.4, 0.5) is 0 Å². The van der Waals surface area contributed by atoms with Crippen molar-refractivity contribution in [2.24, 2.45) is 0 Å². The van der Waals surface area contributed by atoms with Gasteiger partial charge in [0, 0.05) is 15.9 Å². The third-order valence-electron chi connectivity index (χ3n) is 0.907. The fraction of sp³-hybridized carbons (Fsp3) is 0.167. The SMILES string of the molecule is C#Cc1nc(Br)oc1C. The molecule has 2 nitrogen and oxygen atoms in total. The minimum absolute atomic E-state index is 0.438. The van der Waals surface area contributed by atoms with Crippen LogP contribution in [0.25, 0.3) is 0 Å². The van der Waals surface area contributed by atoms with Gasteiger partial charge in [0.1, 0.15) is 5.76 Å². The molecule has 0 spiro atoms. The van der Waals surface area contributed by atoms with E-state index in [4.69, 9.17) is 10.8 Å². The van der Waals surface area contributed by atoms with E-state index in [1.165, 1.54) is 0 Å². The zero-order valence-corrected chi connectivity index (χ0v) is 6.40. The fourth-order valence-electron chi connectivity index (χ4n) is 0.498. The molecule has 0 aliphatic heterocycles. The molecule has 0 aromatic carbocycles. The molecule has 0 fully saturated rings. The third-order valence-corrected chi connectivity index (χ3v) is 1.25. The lowest BCUT2D eigenvalue weighted by molar-refractivity contribution is 0.500. The van der Waals surface area contributed by atoms with Crippen LogP contribution in [0.15, 0.2) is 9.22 Å². The molecule has 46 valence electrons. The molecule has 0 radical (unpaired) electrons. The number of hydrogen-bond acceptors (Lipinski definition) is 2. The van der Waals surface area contributed by atoms with Crippen LogP contribution >= 0.6 is 15.9 Å². The van der Waals surface area contributed by atoms with Crippen molar-refractivity contribution in [3.8, 4) is 12.3 Å². The summed E-state index contributed by atoms with van der Waals surface area (Å²) in [6.45, 7) is 1.77. The molecule has 0 unspecified atom stereocenters. The van der Waals surface area contributed by atoms with Crippen LogP contribution in [0, 0.1) is 19.3 Å². The molecule has 0 N–H and O–H groups in total. The Morgan fingerprint density at radius 2 is 2.44 bits per heavy atom. The summed E-state index contributed by atoms with van der Waals surface area (Å²) >= 11 is 3.05. The van der Waals surface area contributed by atoms with E-state index in [-0.39, 0.29) is 0 Å². The minimum Gasteiger partial charge on any atom is -0.435 e. The van der Waals surface area contributed by atoms with Gasteiger partial charge >= 0.3 is 0 Å². The maximum Gasteiger partial charge on any atom is 0.265 e. The Kier molecular flexibility index (Phi) is 1.58. The lowest BCUT2D eigenvalue weighted by Crippen LogP contribution is -1.73. The molecular weight excluding hydrogens is 182 g/mol. The first kappa shape index (κ1) is 6.37. The molecule has 1 rings (SSSR count). The largest absolute Gasteiger partial charge is 0.435 e. The Bertz CT molecular complexity index is 259. The zero-order valence-electron chi connectivity index (χ0n) is 4.81. The van der Waals surface area contributed by atoms with E-state index >= 15 is 0 Å². The van der Waals surface area contributed by atoms with Gasteiger partial charge in [-0.3, -0.25) is 0 Å². The summed E-state index contributed by atoms with van der Waals surface area (Å²) in [5.41, 5.74) is 0.557. The second kappa shape index (κ2) is 2.24. The van der Waals surface area contributed by atoms with Gasteiger partial charge in [0.05, 0.1) is 0 Å². The van der Waals surface area contributed by atoms with Crippen LogP contribution in [0.5, 0.6) is 0 Å². The molecular formula is C6H4BrNO. The number of oxazole rings is 1. The van der Waals surface area contributed by atoms with Crippen LogP contribution in [-0.2, 0) is 0 Å². The van der Waals surface area contributed by atoms with Crippen molar-refractivity contribution in [2.45, 2.75) is 6.92 Å². The van der Waals surface area contributed by atoms with E-state index in [0.717, 1.165) is 0 Å². The molecule has 0 atom stereocenters. The number of hydrogen-bond donors (Lipinski definition) is 0. The van der Waals surface area contributed by atoms with Gasteiger partial charge in [0.25, 0.3) is 4.80 Å². The van der Waals surface area contributed by atoms with Crippen LogP contribution in [0.2, 0.25) is 0 Å². The predicted octanol–water partition coefficient (Wildman–Crippen LogP) is 1.73. The second-order valence-corrected chi connectivity index (χ2v) is 2.19. The van der Waals surface area contributed by atoms with E-state index in [9.17, 15) is 0 Å². The van der Waals surface area contributed by atoms with Gasteiger partial charge in [0.2, 0.25) is 0 Å². The molecule has 0 bridgehead atoms. The second-order valence-electron chi connectivity index (χ2n) is 1.52. The van der Waals surface area contributed by atoms with Gasteiger partial charge in [-0.05, 0) is 12.8 Å². The number of rotatable bonds is 0. The first-order chi connectivity index (χ1) is 4.24. The zero-order chi connectivity index (χ0) is 6.85. The van der Waals surface area contributed by atoms with Gasteiger partial charge in [-0.25, -0.2) is 0 Å². The fourth-order valence-corrected chi connectivity index (χ4v) is 0.918. The molecule has 1 aromatic heterocycles. The summed E-state index contributed by atoms with van der Waals surface area (Å²) in [5, 5.41) is 0. The van der Waals surface area contributed by atoms with E-state index in [1.807, 2.05) is 0 Å². The van der Waals surface area contributed by atoms with Gasteiger partial charge in [-0.1, -0.05) is 0 Å². The smallest absolute Gasteiger partial charge is 0.265 e. The minimum atomic E-state index is 0.438. The molecule has 0 amide bonds. The lowest BCUT2D eigenvalue weighted by Gasteiger charge is -1.76. The molecule has 9 heavy (non-hydrogen) atoms. The van der Waals surface area contributed by atoms with Crippen LogP contribution in [0.1, 0.15) is 11.5 Å². The highest BCUT2D eigenvalue weighted by molar-refractivity contribution is 9.10. The first-order valence-corrected chi connectivity index (χ1v) is 3.13. The average Bonchev–Trinajstić information content (AvgIpc) is 2.10. The van der Waals surface area contributed by atoms with Gasteiger partial charge in [0.15, 0.2) is 5.69 Å². The van der Waals surface area contributed by atoms with Crippen molar-refractivity contribution in [1.29, 1.82) is 0 Å². The highest BCUT2D eigenvalue weighted by atomic mass is 79.9. The van der Waals surface area contributed by atoms with Crippen molar-refractivity contribution >= 4 is 15.9 Å².